The summed E-state index contributed by atoms with van der Waals surface area (Å²) in [6, 6.07) is 7.27. The van der Waals surface area contributed by atoms with Crippen LogP contribution >= 0.6 is 0 Å². The van der Waals surface area contributed by atoms with E-state index in [0.717, 1.165) is 75.1 Å². The maximum absolute atomic E-state index is 18.0. The number of piperidine rings is 1. The number of aryl methyl sites for hydroxylation is 3. The number of hydrogen-bond acceptors (Lipinski definition) is 6. The van der Waals surface area contributed by atoms with Crippen LogP contribution in [0.1, 0.15) is 75.2 Å². The molecule has 5 heterocycles. The van der Waals surface area contributed by atoms with Gasteiger partial charge in [-0.15, -0.1) is 6.42 Å². The number of halogens is 5. The first-order chi connectivity index (χ1) is 27.9. The van der Waals surface area contributed by atoms with E-state index in [0.29, 0.717) is 52.6 Å². The summed E-state index contributed by atoms with van der Waals surface area (Å²) in [6.45, 7) is 8.86. The second kappa shape index (κ2) is 13.9. The van der Waals surface area contributed by atoms with E-state index >= 15 is 8.78 Å². The van der Waals surface area contributed by atoms with Gasteiger partial charge in [-0.05, 0) is 91.8 Å². The summed E-state index contributed by atoms with van der Waals surface area (Å²) < 4.78 is 75.4. The van der Waals surface area contributed by atoms with Crippen LogP contribution in [-0.2, 0) is 13.5 Å². The van der Waals surface area contributed by atoms with Crippen LogP contribution in [0.5, 0.6) is 0 Å². The standard InChI is InChI=1S/C46H50F5N7/c1-5-7-8-17-56-20-28-10-11-29(21-56)58(28)44-39-34-22-55(4)54-42(34)38(31-19-26(3)18-27-9-12-35(47)30(6-2)37(27)31)41(48)43(39)52-36(53-44)13-14-45(15-16-45)25-57-23-32-33(24-57)40(32)46(49,50)51/h2,9,12,18-19,22,28-29,32-33,40H,5,7-8,10-11,13-17,20-21,23-25H2,1,3-4H3. The zero-order chi connectivity index (χ0) is 40.2. The largest absolute Gasteiger partial charge is 0.392 e. The number of rotatable bonds is 11. The summed E-state index contributed by atoms with van der Waals surface area (Å²) in [5, 5.41) is 7.41. The number of anilines is 1. The Balaban J connectivity index is 1.08. The van der Waals surface area contributed by atoms with Crippen molar-refractivity contribution >= 4 is 38.4 Å². The third-order valence-electron chi connectivity index (χ3n) is 14.2. The smallest absolute Gasteiger partial charge is 0.347 e. The summed E-state index contributed by atoms with van der Waals surface area (Å²) in [4.78, 5) is 17.7. The van der Waals surface area contributed by atoms with Gasteiger partial charge in [-0.3, -0.25) is 9.58 Å². The Morgan fingerprint density at radius 3 is 2.34 bits per heavy atom. The Kier molecular flexibility index (Phi) is 9.06. The number of nitrogens with zero attached hydrogens (tertiary/aromatic N) is 7. The van der Waals surface area contributed by atoms with Crippen molar-refractivity contribution in [2.45, 2.75) is 89.9 Å². The minimum absolute atomic E-state index is 0.000674. The molecule has 5 fully saturated rings. The molecule has 0 N–H and O–H groups in total. The Bertz CT molecular complexity index is 2470. The van der Waals surface area contributed by atoms with Crippen molar-refractivity contribution in [2.24, 2.45) is 30.2 Å². The lowest BCUT2D eigenvalue weighted by atomic mass is 9.90. The number of terminal acetylenes is 1. The number of fused-ring (bicyclic) bond motifs is 7. The quantitative estimate of drug-likeness (QED) is 0.0756. The van der Waals surface area contributed by atoms with Crippen LogP contribution in [0.4, 0.5) is 27.8 Å². The van der Waals surface area contributed by atoms with E-state index in [9.17, 15) is 13.2 Å². The van der Waals surface area contributed by atoms with Crippen LogP contribution < -0.4 is 4.90 Å². The van der Waals surface area contributed by atoms with Gasteiger partial charge in [0.1, 0.15) is 28.5 Å². The number of aromatic nitrogens is 4. The van der Waals surface area contributed by atoms with Crippen molar-refractivity contribution < 1.29 is 22.0 Å². The van der Waals surface area contributed by atoms with Gasteiger partial charge in [0.25, 0.3) is 0 Å². The van der Waals surface area contributed by atoms with Crippen LogP contribution in [0.2, 0.25) is 0 Å². The summed E-state index contributed by atoms with van der Waals surface area (Å²) in [7, 11) is 1.82. The van der Waals surface area contributed by atoms with Crippen molar-refractivity contribution in [3.63, 3.8) is 0 Å². The minimum Gasteiger partial charge on any atom is -0.347 e. The summed E-state index contributed by atoms with van der Waals surface area (Å²) in [5.41, 5.74) is 2.33. The van der Waals surface area contributed by atoms with Gasteiger partial charge >= 0.3 is 6.18 Å². The number of benzene rings is 3. The second-order valence-electron chi connectivity index (χ2n) is 18.3. The lowest BCUT2D eigenvalue weighted by Gasteiger charge is -2.42. The van der Waals surface area contributed by atoms with Crippen LogP contribution in [0.25, 0.3) is 43.7 Å². The first kappa shape index (κ1) is 37.9. The first-order valence-corrected chi connectivity index (χ1v) is 21.2. The molecule has 10 rings (SSSR count). The van der Waals surface area contributed by atoms with Gasteiger partial charge in [0.2, 0.25) is 0 Å². The van der Waals surface area contributed by atoms with Crippen molar-refractivity contribution in [1.29, 1.82) is 0 Å². The Morgan fingerprint density at radius 2 is 1.67 bits per heavy atom. The number of alkyl halides is 3. The number of hydrogen-bond donors (Lipinski definition) is 0. The summed E-state index contributed by atoms with van der Waals surface area (Å²) >= 11 is 0. The van der Waals surface area contributed by atoms with Gasteiger partial charge in [-0.2, -0.15) is 18.3 Å². The fraction of sp³-hybridized carbons (Fsp3) is 0.543. The van der Waals surface area contributed by atoms with E-state index in [-0.39, 0.29) is 46.0 Å². The predicted molar refractivity (Wildman–Crippen MR) is 218 cm³/mol. The molecule has 3 saturated heterocycles. The van der Waals surface area contributed by atoms with E-state index < -0.39 is 23.7 Å². The van der Waals surface area contributed by atoms with Crippen molar-refractivity contribution in [2.75, 3.05) is 44.2 Å². The summed E-state index contributed by atoms with van der Waals surface area (Å²) in [5.74, 6) is 1.08. The van der Waals surface area contributed by atoms with Gasteiger partial charge in [0.15, 0.2) is 5.82 Å². The van der Waals surface area contributed by atoms with E-state index in [4.69, 9.17) is 21.5 Å². The molecule has 2 saturated carbocycles. The molecule has 7 nitrogen and oxygen atoms in total. The first-order valence-electron chi connectivity index (χ1n) is 21.2. The number of likely N-dealkylation sites (tertiary alicyclic amines) is 2. The lowest BCUT2D eigenvalue weighted by Crippen LogP contribution is -2.54. The molecule has 304 valence electrons. The molecular formula is C46H50F5N7. The Labute approximate surface area is 336 Å². The average molecular weight is 796 g/mol. The highest BCUT2D eigenvalue weighted by Crippen LogP contribution is 2.61. The van der Waals surface area contributed by atoms with Crippen LogP contribution in [0.3, 0.4) is 0 Å². The van der Waals surface area contributed by atoms with Crippen molar-refractivity contribution in [3.05, 3.63) is 59.0 Å². The van der Waals surface area contributed by atoms with Crippen LogP contribution in [0.15, 0.2) is 30.5 Å². The van der Waals surface area contributed by atoms with E-state index in [1.807, 2.05) is 32.3 Å². The molecule has 5 aliphatic rings. The van der Waals surface area contributed by atoms with Gasteiger partial charge in [0.05, 0.1) is 16.9 Å². The van der Waals surface area contributed by atoms with Crippen LogP contribution in [0, 0.1) is 54.1 Å². The molecule has 12 heteroatoms. The SMILES string of the molecule is C#Cc1c(F)ccc2cc(C)cc(-c3c(F)c4nc(CCC5(CN6CC7C(C6)C7C(F)(F)F)CC5)nc(N5C6CCC5CN(CCCCC)C6)c4c4cn(C)nc34)c12. The molecule has 4 atom stereocenters. The maximum Gasteiger partial charge on any atom is 0.392 e. The number of unbranched alkanes of at least 4 members (excludes halogenated alkanes) is 2. The molecule has 3 aromatic carbocycles. The minimum atomic E-state index is -4.10. The van der Waals surface area contributed by atoms with Crippen molar-refractivity contribution in [1.82, 2.24) is 29.5 Å². The molecular weight excluding hydrogens is 746 g/mol. The zero-order valence-electron chi connectivity index (χ0n) is 33.5. The molecule has 4 unspecified atom stereocenters. The molecule has 5 aromatic rings. The molecule has 3 aliphatic heterocycles. The molecule has 2 aliphatic carbocycles. The van der Waals surface area contributed by atoms with Gasteiger partial charge in [0, 0.05) is 80.8 Å². The maximum atomic E-state index is 18.0. The van der Waals surface area contributed by atoms with Gasteiger partial charge < -0.3 is 9.80 Å². The zero-order valence-corrected chi connectivity index (χ0v) is 33.5. The highest BCUT2D eigenvalue weighted by molar-refractivity contribution is 6.18. The molecule has 2 bridgehead atoms. The summed E-state index contributed by atoms with van der Waals surface area (Å²) in [6.07, 6.45) is 12.7. The third kappa shape index (κ3) is 6.34. The van der Waals surface area contributed by atoms with Crippen molar-refractivity contribution in [3.8, 4) is 23.5 Å². The molecule has 0 amide bonds. The molecule has 0 radical (unpaired) electrons. The third-order valence-corrected chi connectivity index (χ3v) is 14.2. The van der Waals surface area contributed by atoms with Gasteiger partial charge in [-0.1, -0.05) is 43.9 Å². The topological polar surface area (TPSA) is 53.3 Å². The highest BCUT2D eigenvalue weighted by atomic mass is 19.4. The Hall–Kier alpha value is -4.34. The fourth-order valence-electron chi connectivity index (χ4n) is 11.3. The van der Waals surface area contributed by atoms with E-state index in [1.54, 1.807) is 10.7 Å². The number of piperazine rings is 1. The lowest BCUT2D eigenvalue weighted by molar-refractivity contribution is -0.157. The molecule has 2 aromatic heterocycles. The van der Waals surface area contributed by atoms with Crippen LogP contribution in [-0.4, -0.2) is 87.1 Å². The normalized spacial score (nSPS) is 25.3. The predicted octanol–water partition coefficient (Wildman–Crippen LogP) is 9.20. The van der Waals surface area contributed by atoms with Gasteiger partial charge in [-0.25, -0.2) is 18.7 Å². The monoisotopic (exact) mass is 795 g/mol. The molecule has 58 heavy (non-hydrogen) atoms. The Morgan fingerprint density at radius 1 is 0.931 bits per heavy atom. The molecule has 0 spiro atoms. The van der Waals surface area contributed by atoms with E-state index in [2.05, 4.69) is 27.5 Å². The van der Waals surface area contributed by atoms with E-state index in [1.165, 1.54) is 25.3 Å². The second-order valence-corrected chi connectivity index (χ2v) is 18.3. The highest BCUT2D eigenvalue weighted by Gasteiger charge is 2.67. The average Bonchev–Trinajstić information content (AvgIpc) is 3.96. The fourth-order valence-corrected chi connectivity index (χ4v) is 11.3.